The van der Waals surface area contributed by atoms with Gasteiger partial charge in [0.1, 0.15) is 0 Å². The van der Waals surface area contributed by atoms with E-state index in [0.717, 1.165) is 18.4 Å². The third kappa shape index (κ3) is 7.44. The van der Waals surface area contributed by atoms with Crippen LogP contribution in [0.1, 0.15) is 24.8 Å². The minimum Gasteiger partial charge on any atom is -0.449 e. The minimum atomic E-state index is -0.512. The Morgan fingerprint density at radius 2 is 2.04 bits per heavy atom. The van der Waals surface area contributed by atoms with Gasteiger partial charge in [0.15, 0.2) is 0 Å². The Morgan fingerprint density at radius 3 is 2.84 bits per heavy atom. The second-order valence-electron chi connectivity index (χ2n) is 4.99. The molecule has 0 fully saturated rings. The van der Waals surface area contributed by atoms with Crippen LogP contribution in [0.25, 0.3) is 0 Å². The van der Waals surface area contributed by atoms with E-state index in [4.69, 9.17) is 16.3 Å². The lowest BCUT2D eigenvalue weighted by Crippen LogP contribution is -2.14. The second kappa shape index (κ2) is 10.8. The zero-order valence-corrected chi connectivity index (χ0v) is 14.3. The number of ether oxygens (including phenoxy) is 1. The lowest BCUT2D eigenvalue weighted by molar-refractivity contribution is 0.159. The van der Waals surface area contributed by atoms with Gasteiger partial charge in [0, 0.05) is 24.4 Å². The summed E-state index contributed by atoms with van der Waals surface area (Å²) in [4.78, 5) is 15.6. The second-order valence-corrected chi connectivity index (χ2v) is 5.40. The number of amides is 1. The van der Waals surface area contributed by atoms with Gasteiger partial charge in [-0.1, -0.05) is 35.6 Å². The number of benzene rings is 1. The summed E-state index contributed by atoms with van der Waals surface area (Å²) in [5.41, 5.74) is 1.38. The van der Waals surface area contributed by atoms with E-state index in [1.807, 2.05) is 12.1 Å². The van der Waals surface area contributed by atoms with Crippen molar-refractivity contribution in [3.8, 4) is 23.7 Å². The van der Waals surface area contributed by atoms with E-state index < -0.39 is 6.09 Å². The standard InChI is InChI=1S/C20H17ClN2O2/c21-18-12-6-7-13-19(18)23-20(24)25-15-8-4-2-1-3-5-10-17-11-9-14-22-16-17/h6-7,9,11-14,16H,2,4,8,15H2,(H,23,24). The van der Waals surface area contributed by atoms with Crippen LogP contribution in [0.4, 0.5) is 10.5 Å². The number of nitrogens with zero attached hydrogens (tertiary/aromatic N) is 1. The van der Waals surface area contributed by atoms with Gasteiger partial charge in [-0.05, 0) is 48.9 Å². The maximum absolute atomic E-state index is 11.6. The number of unbranched alkanes of at least 4 members (excludes halogenated alkanes) is 2. The summed E-state index contributed by atoms with van der Waals surface area (Å²) in [6.45, 7) is 0.333. The molecule has 1 heterocycles. The van der Waals surface area contributed by atoms with Crippen LogP contribution >= 0.6 is 11.6 Å². The van der Waals surface area contributed by atoms with Gasteiger partial charge < -0.3 is 4.74 Å². The quantitative estimate of drug-likeness (QED) is 0.636. The summed E-state index contributed by atoms with van der Waals surface area (Å²) < 4.78 is 5.09. The fraction of sp³-hybridized carbons (Fsp3) is 0.200. The molecule has 0 atom stereocenters. The predicted octanol–water partition coefficient (Wildman–Crippen LogP) is 4.51. The number of rotatable bonds is 5. The normalized spacial score (nSPS) is 9.16. The minimum absolute atomic E-state index is 0.333. The molecule has 1 N–H and O–H groups in total. The summed E-state index contributed by atoms with van der Waals surface area (Å²) in [5.74, 6) is 11.5. The first-order chi connectivity index (χ1) is 12.3. The van der Waals surface area contributed by atoms with Crippen molar-refractivity contribution < 1.29 is 9.53 Å². The van der Waals surface area contributed by atoms with E-state index in [1.54, 1.807) is 36.7 Å². The van der Waals surface area contributed by atoms with Gasteiger partial charge >= 0.3 is 6.09 Å². The van der Waals surface area contributed by atoms with Crippen LogP contribution in [-0.4, -0.2) is 17.7 Å². The molecular formula is C20H17ClN2O2. The average molecular weight is 353 g/mol. The molecule has 5 heteroatoms. The first-order valence-electron chi connectivity index (χ1n) is 7.83. The topological polar surface area (TPSA) is 51.2 Å². The Morgan fingerprint density at radius 1 is 1.16 bits per heavy atom. The number of anilines is 1. The van der Waals surface area contributed by atoms with E-state index in [-0.39, 0.29) is 0 Å². The van der Waals surface area contributed by atoms with Gasteiger partial charge in [-0.15, -0.1) is 0 Å². The molecule has 126 valence electrons. The van der Waals surface area contributed by atoms with Gasteiger partial charge in [0.25, 0.3) is 0 Å². The number of hydrogen-bond acceptors (Lipinski definition) is 3. The molecule has 1 aromatic carbocycles. The number of hydrogen-bond donors (Lipinski definition) is 1. The number of aromatic nitrogens is 1. The van der Waals surface area contributed by atoms with Crippen molar-refractivity contribution in [2.75, 3.05) is 11.9 Å². The van der Waals surface area contributed by atoms with Crippen molar-refractivity contribution >= 4 is 23.4 Å². The molecule has 0 saturated carbocycles. The summed E-state index contributed by atoms with van der Waals surface area (Å²) in [6.07, 6.45) is 5.16. The third-order valence-electron chi connectivity index (χ3n) is 3.06. The number of para-hydroxylation sites is 1. The fourth-order valence-corrected chi connectivity index (χ4v) is 2.02. The molecule has 0 aliphatic carbocycles. The Balaban J connectivity index is 1.58. The van der Waals surface area contributed by atoms with Crippen molar-refractivity contribution in [1.82, 2.24) is 4.98 Å². The average Bonchev–Trinajstić information content (AvgIpc) is 2.63. The van der Waals surface area contributed by atoms with Gasteiger partial charge in [0.05, 0.1) is 17.3 Å². The highest BCUT2D eigenvalue weighted by atomic mass is 35.5. The van der Waals surface area contributed by atoms with Gasteiger partial charge in [0.2, 0.25) is 0 Å². The molecule has 0 unspecified atom stereocenters. The predicted molar refractivity (Wildman–Crippen MR) is 99.2 cm³/mol. The Bertz CT molecular complexity index is 814. The van der Waals surface area contributed by atoms with Crippen LogP contribution in [0, 0.1) is 23.7 Å². The lowest BCUT2D eigenvalue weighted by Gasteiger charge is -2.07. The molecule has 2 rings (SSSR count). The zero-order chi connectivity index (χ0) is 17.7. The highest BCUT2D eigenvalue weighted by molar-refractivity contribution is 6.33. The fourth-order valence-electron chi connectivity index (χ4n) is 1.84. The molecule has 25 heavy (non-hydrogen) atoms. The Labute approximate surface area is 152 Å². The lowest BCUT2D eigenvalue weighted by atomic mass is 10.2. The van der Waals surface area contributed by atoms with Crippen molar-refractivity contribution in [2.24, 2.45) is 0 Å². The summed E-state index contributed by atoms with van der Waals surface area (Å²) in [7, 11) is 0. The molecule has 0 spiro atoms. The molecule has 0 bridgehead atoms. The first kappa shape index (κ1) is 18.4. The molecule has 1 aromatic heterocycles. The molecule has 2 aromatic rings. The Hall–Kier alpha value is -2.95. The van der Waals surface area contributed by atoms with Gasteiger partial charge in [-0.2, -0.15) is 0 Å². The van der Waals surface area contributed by atoms with Crippen molar-refractivity contribution in [3.05, 3.63) is 59.4 Å². The van der Waals surface area contributed by atoms with E-state index in [2.05, 4.69) is 34.0 Å². The van der Waals surface area contributed by atoms with Crippen LogP contribution in [-0.2, 0) is 4.74 Å². The van der Waals surface area contributed by atoms with Gasteiger partial charge in [-0.25, -0.2) is 4.79 Å². The maximum atomic E-state index is 11.6. The molecule has 0 aliphatic rings. The molecule has 4 nitrogen and oxygen atoms in total. The van der Waals surface area contributed by atoms with Crippen molar-refractivity contribution in [2.45, 2.75) is 19.3 Å². The van der Waals surface area contributed by atoms with E-state index in [0.29, 0.717) is 23.7 Å². The van der Waals surface area contributed by atoms with Crippen molar-refractivity contribution in [1.29, 1.82) is 0 Å². The van der Waals surface area contributed by atoms with Gasteiger partial charge in [-0.3, -0.25) is 10.3 Å². The smallest absolute Gasteiger partial charge is 0.411 e. The van der Waals surface area contributed by atoms with Crippen LogP contribution in [0.5, 0.6) is 0 Å². The number of nitrogens with one attached hydrogen (secondary N) is 1. The molecule has 0 saturated heterocycles. The Kier molecular flexibility index (Phi) is 7.91. The van der Waals surface area contributed by atoms with E-state index in [9.17, 15) is 4.79 Å². The van der Waals surface area contributed by atoms with Crippen LogP contribution in [0.15, 0.2) is 48.8 Å². The highest BCUT2D eigenvalue weighted by Crippen LogP contribution is 2.20. The molecule has 0 radical (unpaired) electrons. The summed E-state index contributed by atoms with van der Waals surface area (Å²) in [6, 6.07) is 10.7. The molecule has 0 aliphatic heterocycles. The monoisotopic (exact) mass is 352 g/mol. The summed E-state index contributed by atoms with van der Waals surface area (Å²) in [5, 5.41) is 3.07. The molecular weight excluding hydrogens is 336 g/mol. The first-order valence-corrected chi connectivity index (χ1v) is 8.21. The number of carbonyl (C=O) groups is 1. The SMILES string of the molecule is O=C(Nc1ccccc1Cl)OCCCCC#CC#Cc1cccnc1. The number of carbonyl (C=O) groups excluding carboxylic acids is 1. The van der Waals surface area contributed by atoms with Crippen LogP contribution < -0.4 is 5.32 Å². The molecule has 1 amide bonds. The number of pyridine rings is 1. The van der Waals surface area contributed by atoms with E-state index in [1.165, 1.54) is 0 Å². The van der Waals surface area contributed by atoms with E-state index >= 15 is 0 Å². The number of halogens is 1. The highest BCUT2D eigenvalue weighted by Gasteiger charge is 2.05. The van der Waals surface area contributed by atoms with Crippen molar-refractivity contribution in [3.63, 3.8) is 0 Å². The summed E-state index contributed by atoms with van der Waals surface area (Å²) >= 11 is 5.95. The maximum Gasteiger partial charge on any atom is 0.411 e. The zero-order valence-electron chi connectivity index (χ0n) is 13.6. The van der Waals surface area contributed by atoms with Crippen LogP contribution in [0.3, 0.4) is 0 Å². The van der Waals surface area contributed by atoms with Crippen LogP contribution in [0.2, 0.25) is 5.02 Å². The largest absolute Gasteiger partial charge is 0.449 e. The third-order valence-corrected chi connectivity index (χ3v) is 3.39.